The lowest BCUT2D eigenvalue weighted by molar-refractivity contribution is -0.332. The molecule has 0 aromatic carbocycles. The first-order chi connectivity index (χ1) is 38.0. The second-order valence-corrected chi connectivity index (χ2v) is 21.5. The van der Waals surface area contributed by atoms with Gasteiger partial charge in [-0.05, 0) is 77.0 Å². The van der Waals surface area contributed by atoms with Crippen molar-refractivity contribution < 1.29 is 73.8 Å². The number of rotatable bonds is 49. The molecule has 0 aromatic heterocycles. The van der Waals surface area contributed by atoms with Crippen LogP contribution in [0.5, 0.6) is 0 Å². The van der Waals surface area contributed by atoms with Crippen molar-refractivity contribution in [2.45, 2.75) is 300 Å². The smallest absolute Gasteiger partial charge is 0.306 e. The molecule has 0 aromatic rings. The number of esters is 2. The van der Waals surface area contributed by atoms with E-state index in [1.807, 2.05) is 6.08 Å². The number of carbonyl (C=O) groups excluding carboxylic acids is 2. The van der Waals surface area contributed by atoms with Gasteiger partial charge in [0.25, 0.3) is 0 Å². The molecule has 0 amide bonds. The Labute approximate surface area is 470 Å². The van der Waals surface area contributed by atoms with Gasteiger partial charge in [0.1, 0.15) is 55.4 Å². The molecule has 0 bridgehead atoms. The average molecular weight is 1110 g/mol. The monoisotopic (exact) mass is 1110 g/mol. The Kier molecular flexibility index (Phi) is 44.7. The third kappa shape index (κ3) is 35.1. The Morgan fingerprint density at radius 1 is 0.410 bits per heavy atom. The first-order valence-electron chi connectivity index (χ1n) is 30.9. The molecular formula is C63H110O15. The summed E-state index contributed by atoms with van der Waals surface area (Å²) in [6, 6.07) is 0. The summed E-state index contributed by atoms with van der Waals surface area (Å²) < 4.78 is 33.7. The first-order valence-corrected chi connectivity index (χ1v) is 30.9. The fourth-order valence-electron chi connectivity index (χ4n) is 9.44. The zero-order chi connectivity index (χ0) is 56.7. The molecule has 0 saturated carbocycles. The molecule has 2 saturated heterocycles. The highest BCUT2D eigenvalue weighted by atomic mass is 16.7. The van der Waals surface area contributed by atoms with Gasteiger partial charge >= 0.3 is 11.9 Å². The van der Waals surface area contributed by atoms with E-state index in [-0.39, 0.29) is 19.4 Å². The molecule has 0 spiro atoms. The van der Waals surface area contributed by atoms with E-state index in [1.165, 1.54) is 141 Å². The maximum atomic E-state index is 13.1. The topological polar surface area (TPSA) is 231 Å². The van der Waals surface area contributed by atoms with E-state index >= 15 is 0 Å². The van der Waals surface area contributed by atoms with Crippen LogP contribution in [0, 0.1) is 0 Å². The lowest BCUT2D eigenvalue weighted by Gasteiger charge is -2.42. The second kappa shape index (κ2) is 48.9. The molecule has 2 heterocycles. The summed E-state index contributed by atoms with van der Waals surface area (Å²) in [4.78, 5) is 25.9. The SMILES string of the molecule is CCCCCCCC/C=C/CCCCCCCCCCCCCC(=O)O[C@@H](COC(=O)CCC/C=C/C/C=C/C/C=C/C/C=C/CCCCCCCCC)CO[C@@H]1O[C@H](CO[C@@H]2O[C@H](CO)[C@H](O)C(O)C2O)[C@H](O)C(O)C1O. The Balaban J connectivity index is 1.76. The van der Waals surface area contributed by atoms with Crippen molar-refractivity contribution in [1.29, 1.82) is 0 Å². The number of unbranched alkanes of at least 4 members (excludes halogenated alkanes) is 25. The molecule has 0 radical (unpaired) electrons. The predicted molar refractivity (Wildman–Crippen MR) is 307 cm³/mol. The van der Waals surface area contributed by atoms with Gasteiger partial charge in [0.2, 0.25) is 0 Å². The van der Waals surface area contributed by atoms with Crippen LogP contribution in [0.25, 0.3) is 0 Å². The molecule has 2 fully saturated rings. The van der Waals surface area contributed by atoms with Crippen LogP contribution in [0.2, 0.25) is 0 Å². The third-order valence-corrected chi connectivity index (χ3v) is 14.5. The van der Waals surface area contributed by atoms with Crippen LogP contribution >= 0.6 is 0 Å². The van der Waals surface area contributed by atoms with Crippen molar-refractivity contribution in [2.75, 3.05) is 26.4 Å². The molecule has 2 aliphatic heterocycles. The quantitative estimate of drug-likeness (QED) is 0.0171. The summed E-state index contributed by atoms with van der Waals surface area (Å²) in [5.41, 5.74) is 0. The number of allylic oxidation sites excluding steroid dienone is 10. The van der Waals surface area contributed by atoms with Crippen LogP contribution in [-0.4, -0.2) is 142 Å². The molecule has 15 nitrogen and oxygen atoms in total. The normalized spacial score (nSPS) is 24.4. The maximum absolute atomic E-state index is 13.1. The highest BCUT2D eigenvalue weighted by Gasteiger charge is 2.47. The lowest BCUT2D eigenvalue weighted by Crippen LogP contribution is -2.61. The Morgan fingerprint density at radius 3 is 1.26 bits per heavy atom. The Morgan fingerprint density at radius 2 is 0.782 bits per heavy atom. The van der Waals surface area contributed by atoms with Gasteiger partial charge in [-0.25, -0.2) is 0 Å². The van der Waals surface area contributed by atoms with E-state index in [0.717, 1.165) is 44.9 Å². The average Bonchev–Trinajstić information content (AvgIpc) is 3.44. The largest absolute Gasteiger partial charge is 0.462 e. The lowest BCUT2D eigenvalue weighted by atomic mass is 9.98. The summed E-state index contributed by atoms with van der Waals surface area (Å²) in [7, 11) is 0. The first kappa shape index (κ1) is 71.3. The zero-order valence-electron chi connectivity index (χ0n) is 48.4. The number of aliphatic hydroxyl groups excluding tert-OH is 7. The van der Waals surface area contributed by atoms with Gasteiger partial charge in [-0.1, -0.05) is 203 Å². The van der Waals surface area contributed by atoms with Crippen LogP contribution < -0.4 is 0 Å². The van der Waals surface area contributed by atoms with Crippen molar-refractivity contribution in [2.24, 2.45) is 0 Å². The maximum Gasteiger partial charge on any atom is 0.306 e. The highest BCUT2D eigenvalue weighted by Crippen LogP contribution is 2.27. The second-order valence-electron chi connectivity index (χ2n) is 21.5. The van der Waals surface area contributed by atoms with Crippen molar-refractivity contribution in [3.05, 3.63) is 60.8 Å². The molecule has 7 N–H and O–H groups in total. The number of ether oxygens (including phenoxy) is 6. The van der Waals surface area contributed by atoms with Gasteiger partial charge < -0.3 is 64.2 Å². The van der Waals surface area contributed by atoms with Crippen LogP contribution in [0.15, 0.2) is 60.8 Å². The van der Waals surface area contributed by atoms with Gasteiger partial charge in [0.05, 0.1) is 19.8 Å². The van der Waals surface area contributed by atoms with Gasteiger partial charge in [-0.15, -0.1) is 0 Å². The molecule has 11 atom stereocenters. The van der Waals surface area contributed by atoms with Crippen molar-refractivity contribution in [3.63, 3.8) is 0 Å². The number of carbonyl (C=O) groups is 2. The fraction of sp³-hybridized carbons (Fsp3) is 0.810. The van der Waals surface area contributed by atoms with E-state index in [0.29, 0.717) is 19.3 Å². The van der Waals surface area contributed by atoms with E-state index in [4.69, 9.17) is 28.4 Å². The van der Waals surface area contributed by atoms with Crippen LogP contribution in [0.3, 0.4) is 0 Å². The van der Waals surface area contributed by atoms with Crippen molar-refractivity contribution in [1.82, 2.24) is 0 Å². The fourth-order valence-corrected chi connectivity index (χ4v) is 9.44. The number of hydrogen-bond donors (Lipinski definition) is 7. The van der Waals surface area contributed by atoms with Crippen molar-refractivity contribution in [3.8, 4) is 0 Å². The molecule has 2 rings (SSSR count). The van der Waals surface area contributed by atoms with E-state index in [1.54, 1.807) is 0 Å². The number of aliphatic hydroxyl groups is 7. The minimum absolute atomic E-state index is 0.141. The Bertz CT molecular complexity index is 1580. The highest BCUT2D eigenvalue weighted by molar-refractivity contribution is 5.70. The molecule has 4 unspecified atom stereocenters. The van der Waals surface area contributed by atoms with E-state index in [9.17, 15) is 45.3 Å². The summed E-state index contributed by atoms with van der Waals surface area (Å²) >= 11 is 0. The summed E-state index contributed by atoms with van der Waals surface area (Å²) in [5, 5.41) is 72.4. The van der Waals surface area contributed by atoms with Gasteiger partial charge in [-0.2, -0.15) is 0 Å². The number of hydrogen-bond acceptors (Lipinski definition) is 15. The van der Waals surface area contributed by atoms with Crippen LogP contribution in [-0.2, 0) is 38.0 Å². The molecule has 452 valence electrons. The molecule has 0 aliphatic carbocycles. The van der Waals surface area contributed by atoms with Gasteiger partial charge in [0, 0.05) is 12.8 Å². The van der Waals surface area contributed by atoms with Crippen LogP contribution in [0.4, 0.5) is 0 Å². The predicted octanol–water partition coefficient (Wildman–Crippen LogP) is 11.2. The van der Waals surface area contributed by atoms with Gasteiger partial charge in [-0.3, -0.25) is 9.59 Å². The van der Waals surface area contributed by atoms with Crippen molar-refractivity contribution >= 4 is 11.9 Å². The summed E-state index contributed by atoms with van der Waals surface area (Å²) in [6.07, 6.45) is 42.5. The van der Waals surface area contributed by atoms with E-state index in [2.05, 4.69) is 68.5 Å². The third-order valence-electron chi connectivity index (χ3n) is 14.5. The standard InChI is InChI=1S/C63H110O15/c1-3-5-7-9-11-13-15-17-19-21-23-25-27-29-31-33-35-37-39-41-43-45-54(65)73-48-51(49-74-62-61(72)59(70)57(68)53(78-62)50-75-63-60(71)58(69)56(67)52(47-64)77-63)76-55(66)46-44-42-40-38-36-34-32-30-28-26-24-22-20-18-16-14-12-10-8-6-4-2/h18-21,25,27,31,33,37,39,51-53,56-64,67-72H,3-17,22-24,26,28-30,32,34-36,38,40-50H2,1-2H3/b20-18+,21-19+,27-25+,33-31+,39-37+/t51-,52+,53+,56-,57-,58?,59?,60?,61?,62+,63+/m0/s1. The molecule has 78 heavy (non-hydrogen) atoms. The minimum atomic E-state index is -1.78. The van der Waals surface area contributed by atoms with Gasteiger partial charge in [0.15, 0.2) is 18.7 Å². The molecule has 15 heteroatoms. The summed E-state index contributed by atoms with van der Waals surface area (Å²) in [5.74, 6) is -0.987. The Hall–Kier alpha value is -2.80. The van der Waals surface area contributed by atoms with Crippen LogP contribution in [0.1, 0.15) is 232 Å². The molecular weight excluding hydrogens is 997 g/mol. The molecule has 2 aliphatic rings. The zero-order valence-corrected chi connectivity index (χ0v) is 48.4. The van der Waals surface area contributed by atoms with E-state index < -0.39 is 99.3 Å². The summed E-state index contributed by atoms with van der Waals surface area (Å²) in [6.45, 7) is 2.56. The minimum Gasteiger partial charge on any atom is -0.462 e.